The van der Waals surface area contributed by atoms with Crippen LogP contribution in [-0.2, 0) is 19.4 Å². The Labute approximate surface area is 87.6 Å². The Bertz CT molecular complexity index is 412. The normalized spacial score (nSPS) is 10.5. The minimum Gasteiger partial charge on any atom is -0.387 e. The highest BCUT2D eigenvalue weighted by Crippen LogP contribution is 2.04. The quantitative estimate of drug-likeness (QED) is 0.816. The first-order valence-electron chi connectivity index (χ1n) is 4.85. The lowest BCUT2D eigenvalue weighted by atomic mass is 10.1. The summed E-state index contributed by atoms with van der Waals surface area (Å²) in [5.74, 6) is 0.918. The van der Waals surface area contributed by atoms with E-state index in [0.29, 0.717) is 5.82 Å². The van der Waals surface area contributed by atoms with Crippen molar-refractivity contribution < 1.29 is 9.63 Å². The van der Waals surface area contributed by atoms with Crippen LogP contribution < -0.4 is 0 Å². The molecule has 0 saturated carbocycles. The van der Waals surface area contributed by atoms with Gasteiger partial charge in [0.25, 0.3) is 5.89 Å². The molecule has 0 radical (unpaired) electrons. The van der Waals surface area contributed by atoms with Crippen molar-refractivity contribution in [2.45, 2.75) is 19.4 Å². The van der Waals surface area contributed by atoms with E-state index in [9.17, 15) is 0 Å². The molecule has 0 aliphatic heterocycles. The van der Waals surface area contributed by atoms with Crippen LogP contribution in [0.25, 0.3) is 0 Å². The van der Waals surface area contributed by atoms with E-state index >= 15 is 0 Å². The van der Waals surface area contributed by atoms with Crippen LogP contribution in [0.3, 0.4) is 0 Å². The predicted octanol–water partition coefficient (Wildman–Crippen LogP) is 1.35. The van der Waals surface area contributed by atoms with E-state index in [4.69, 9.17) is 9.63 Å². The van der Waals surface area contributed by atoms with Crippen LogP contribution >= 0.6 is 0 Å². The van der Waals surface area contributed by atoms with E-state index in [0.717, 1.165) is 12.8 Å². The third kappa shape index (κ3) is 2.63. The van der Waals surface area contributed by atoms with Gasteiger partial charge in [-0.3, -0.25) is 0 Å². The number of nitrogens with zero attached hydrogens (tertiary/aromatic N) is 2. The lowest BCUT2D eigenvalue weighted by Crippen LogP contribution is -1.93. The lowest BCUT2D eigenvalue weighted by molar-refractivity contribution is 0.222. The van der Waals surface area contributed by atoms with Gasteiger partial charge in [0.2, 0.25) is 0 Å². The molecule has 0 aliphatic carbocycles. The van der Waals surface area contributed by atoms with Gasteiger partial charge >= 0.3 is 0 Å². The summed E-state index contributed by atoms with van der Waals surface area (Å²) in [6.45, 7) is -0.196. The van der Waals surface area contributed by atoms with Gasteiger partial charge in [-0.15, -0.1) is 0 Å². The first-order valence-corrected chi connectivity index (χ1v) is 4.85. The molecule has 4 nitrogen and oxygen atoms in total. The zero-order valence-electron chi connectivity index (χ0n) is 8.26. The summed E-state index contributed by atoms with van der Waals surface area (Å²) < 4.78 is 4.79. The van der Waals surface area contributed by atoms with Crippen molar-refractivity contribution >= 4 is 0 Å². The number of aliphatic hydroxyl groups excluding tert-OH is 1. The Morgan fingerprint density at radius 2 is 1.93 bits per heavy atom. The van der Waals surface area contributed by atoms with Crippen LogP contribution in [-0.4, -0.2) is 15.2 Å². The number of aliphatic hydroxyl groups is 1. The van der Waals surface area contributed by atoms with Gasteiger partial charge in [-0.2, -0.15) is 4.98 Å². The average molecular weight is 204 g/mol. The van der Waals surface area contributed by atoms with Crippen molar-refractivity contribution in [3.8, 4) is 0 Å². The van der Waals surface area contributed by atoms with E-state index in [1.807, 2.05) is 18.2 Å². The minimum absolute atomic E-state index is 0.196. The van der Waals surface area contributed by atoms with Crippen LogP contribution in [0.4, 0.5) is 0 Å². The van der Waals surface area contributed by atoms with Gasteiger partial charge in [0.1, 0.15) is 6.61 Å². The highest BCUT2D eigenvalue weighted by Gasteiger charge is 2.04. The molecule has 0 atom stereocenters. The Balaban J connectivity index is 1.93. The second-order valence-electron chi connectivity index (χ2n) is 3.25. The van der Waals surface area contributed by atoms with Gasteiger partial charge in [-0.05, 0) is 12.0 Å². The SMILES string of the molecule is OCc1nc(CCc2ccccc2)no1. The molecule has 4 heteroatoms. The number of aromatic nitrogens is 2. The molecule has 0 saturated heterocycles. The van der Waals surface area contributed by atoms with Crippen LogP contribution in [0.2, 0.25) is 0 Å². The number of hydrogen-bond donors (Lipinski definition) is 1. The summed E-state index contributed by atoms with van der Waals surface area (Å²) in [4.78, 5) is 4.02. The minimum atomic E-state index is -0.196. The average Bonchev–Trinajstić information content (AvgIpc) is 2.76. The van der Waals surface area contributed by atoms with E-state index in [2.05, 4.69) is 22.3 Å². The molecule has 0 amide bonds. The summed E-state index contributed by atoms with van der Waals surface area (Å²) in [6, 6.07) is 10.1. The number of aryl methyl sites for hydroxylation is 2. The fourth-order valence-corrected chi connectivity index (χ4v) is 1.36. The first-order chi connectivity index (χ1) is 7.38. The second kappa shape index (κ2) is 4.70. The largest absolute Gasteiger partial charge is 0.387 e. The summed E-state index contributed by atoms with van der Waals surface area (Å²) in [6.07, 6.45) is 1.61. The van der Waals surface area contributed by atoms with E-state index in [1.54, 1.807) is 0 Å². The molecule has 1 N–H and O–H groups in total. The Kier molecular flexibility index (Phi) is 3.09. The Morgan fingerprint density at radius 3 is 2.60 bits per heavy atom. The fourth-order valence-electron chi connectivity index (χ4n) is 1.36. The third-order valence-corrected chi connectivity index (χ3v) is 2.13. The van der Waals surface area contributed by atoms with Crippen molar-refractivity contribution in [3.63, 3.8) is 0 Å². The van der Waals surface area contributed by atoms with Gasteiger partial charge in [0.05, 0.1) is 0 Å². The van der Waals surface area contributed by atoms with Gasteiger partial charge in [-0.1, -0.05) is 35.5 Å². The molecule has 78 valence electrons. The van der Waals surface area contributed by atoms with Crippen molar-refractivity contribution in [2.75, 3.05) is 0 Å². The molecule has 1 aromatic carbocycles. The maximum Gasteiger partial charge on any atom is 0.252 e. The van der Waals surface area contributed by atoms with Crippen molar-refractivity contribution in [3.05, 3.63) is 47.6 Å². The maximum absolute atomic E-state index is 8.74. The van der Waals surface area contributed by atoms with Crippen LogP contribution in [0.1, 0.15) is 17.3 Å². The van der Waals surface area contributed by atoms with E-state index < -0.39 is 0 Å². The van der Waals surface area contributed by atoms with Gasteiger partial charge in [0.15, 0.2) is 5.82 Å². The first kappa shape index (κ1) is 9.86. The number of rotatable bonds is 4. The van der Waals surface area contributed by atoms with Gasteiger partial charge in [-0.25, -0.2) is 0 Å². The topological polar surface area (TPSA) is 59.2 Å². The van der Waals surface area contributed by atoms with Gasteiger partial charge < -0.3 is 9.63 Å². The molecule has 0 aliphatic rings. The number of benzene rings is 1. The van der Waals surface area contributed by atoms with Crippen LogP contribution in [0, 0.1) is 0 Å². The molecular weight excluding hydrogens is 192 g/mol. The molecule has 2 rings (SSSR count). The molecule has 0 bridgehead atoms. The Hall–Kier alpha value is -1.68. The molecule has 1 aromatic heterocycles. The van der Waals surface area contributed by atoms with Gasteiger partial charge in [0, 0.05) is 6.42 Å². The predicted molar refractivity (Wildman–Crippen MR) is 54.1 cm³/mol. The van der Waals surface area contributed by atoms with E-state index in [1.165, 1.54) is 5.56 Å². The Morgan fingerprint density at radius 1 is 1.13 bits per heavy atom. The van der Waals surface area contributed by atoms with E-state index in [-0.39, 0.29) is 12.5 Å². The highest BCUT2D eigenvalue weighted by molar-refractivity contribution is 5.15. The summed E-state index contributed by atoms with van der Waals surface area (Å²) in [7, 11) is 0. The highest BCUT2D eigenvalue weighted by atomic mass is 16.5. The zero-order chi connectivity index (χ0) is 10.5. The summed E-state index contributed by atoms with van der Waals surface area (Å²) in [5, 5.41) is 12.5. The molecule has 15 heavy (non-hydrogen) atoms. The third-order valence-electron chi connectivity index (χ3n) is 2.13. The van der Waals surface area contributed by atoms with Crippen molar-refractivity contribution in [2.24, 2.45) is 0 Å². The summed E-state index contributed by atoms with van der Waals surface area (Å²) in [5.41, 5.74) is 1.24. The zero-order valence-corrected chi connectivity index (χ0v) is 8.26. The van der Waals surface area contributed by atoms with Crippen LogP contribution in [0.15, 0.2) is 34.9 Å². The summed E-state index contributed by atoms with van der Waals surface area (Å²) >= 11 is 0. The maximum atomic E-state index is 8.74. The standard InChI is InChI=1S/C11H12N2O2/c14-8-11-12-10(13-15-11)7-6-9-4-2-1-3-5-9/h1-5,14H,6-8H2. The molecule has 0 spiro atoms. The van der Waals surface area contributed by atoms with Crippen molar-refractivity contribution in [1.82, 2.24) is 10.1 Å². The fraction of sp³-hybridized carbons (Fsp3) is 0.273. The van der Waals surface area contributed by atoms with Crippen LogP contribution in [0.5, 0.6) is 0 Å². The lowest BCUT2D eigenvalue weighted by Gasteiger charge is -1.96. The smallest absolute Gasteiger partial charge is 0.252 e. The number of hydrogen-bond acceptors (Lipinski definition) is 4. The van der Waals surface area contributed by atoms with Crippen molar-refractivity contribution in [1.29, 1.82) is 0 Å². The molecule has 0 unspecified atom stereocenters. The molecular formula is C11H12N2O2. The molecule has 1 heterocycles. The monoisotopic (exact) mass is 204 g/mol. The molecule has 0 fully saturated rings. The second-order valence-corrected chi connectivity index (χ2v) is 3.25. The molecule has 2 aromatic rings.